The quantitative estimate of drug-likeness (QED) is 0.276. The van der Waals surface area contributed by atoms with Crippen LogP contribution in [-0.2, 0) is 23.1 Å². The highest BCUT2D eigenvalue weighted by Crippen LogP contribution is 2.49. The maximum atomic E-state index is 11.9. The largest absolute Gasteiger partial charge is 0.472 e. The molecule has 0 aliphatic carbocycles. The van der Waals surface area contributed by atoms with E-state index in [0.29, 0.717) is 22.1 Å². The predicted octanol–water partition coefficient (Wildman–Crippen LogP) is 2.65. The van der Waals surface area contributed by atoms with Gasteiger partial charge in [0.2, 0.25) is 5.75 Å². The number of fused-ring (bicyclic) bond motifs is 1. The fraction of sp³-hybridized carbons (Fsp3) is 0.409. The number of ether oxygens (including phenoxy) is 3. The Morgan fingerprint density at radius 2 is 1.97 bits per heavy atom. The fourth-order valence-corrected chi connectivity index (χ4v) is 4.53. The average Bonchev–Trinajstić information content (AvgIpc) is 3.24. The van der Waals surface area contributed by atoms with Crippen molar-refractivity contribution in [2.45, 2.75) is 37.5 Å². The number of nitro benzene ring substituents is 1. The molecule has 2 heterocycles. The van der Waals surface area contributed by atoms with E-state index in [2.05, 4.69) is 15.4 Å². The number of aryl methyl sites for hydroxylation is 1. The standard InChI is InChI=1S/C22H25ClN6O6/c1-22(21(33-3)34-4)20(30)18(15-6-5-7-16(29(31)32)19(15)35-22)28(12-17-24-26-27(2)25-17)14-10-8-13(23)9-11-14/h5-11,18,20-21,30H,12H2,1-4H3/t18-,20+,22-/m1/s1. The minimum atomic E-state index is -1.52. The van der Waals surface area contributed by atoms with Crippen LogP contribution in [0.2, 0.25) is 5.02 Å². The normalized spacial score (nSPS) is 21.5. The number of hydrogen-bond donors (Lipinski definition) is 1. The molecular weight excluding hydrogens is 480 g/mol. The summed E-state index contributed by atoms with van der Waals surface area (Å²) >= 11 is 6.12. The Labute approximate surface area is 206 Å². The molecule has 0 saturated heterocycles. The summed E-state index contributed by atoms with van der Waals surface area (Å²) in [5.74, 6) is 0.394. The summed E-state index contributed by atoms with van der Waals surface area (Å²) in [6, 6.07) is 10.7. The average molecular weight is 505 g/mol. The number of aliphatic hydroxyl groups excluding tert-OH is 1. The molecule has 35 heavy (non-hydrogen) atoms. The molecule has 0 bridgehead atoms. The zero-order valence-electron chi connectivity index (χ0n) is 19.5. The molecule has 0 unspecified atom stereocenters. The van der Waals surface area contributed by atoms with E-state index >= 15 is 0 Å². The van der Waals surface area contributed by atoms with Crippen molar-refractivity contribution in [3.05, 3.63) is 69.0 Å². The van der Waals surface area contributed by atoms with Crippen molar-refractivity contribution >= 4 is 23.0 Å². The number of methoxy groups -OCH3 is 2. The molecular formula is C22H25ClN6O6. The molecule has 0 spiro atoms. The molecule has 1 N–H and O–H groups in total. The van der Waals surface area contributed by atoms with E-state index in [1.165, 1.54) is 25.1 Å². The number of hydrogen-bond acceptors (Lipinski definition) is 10. The van der Waals surface area contributed by atoms with Crippen LogP contribution in [0.5, 0.6) is 5.75 Å². The van der Waals surface area contributed by atoms with Gasteiger partial charge in [-0.05, 0) is 36.4 Å². The predicted molar refractivity (Wildman–Crippen MR) is 125 cm³/mol. The van der Waals surface area contributed by atoms with Gasteiger partial charge in [-0.1, -0.05) is 23.7 Å². The summed E-state index contributed by atoms with van der Waals surface area (Å²) < 4.78 is 17.0. The van der Waals surface area contributed by atoms with E-state index in [1.54, 1.807) is 50.4 Å². The summed E-state index contributed by atoms with van der Waals surface area (Å²) in [5.41, 5.74) is -0.688. The van der Waals surface area contributed by atoms with E-state index in [-0.39, 0.29) is 18.0 Å². The van der Waals surface area contributed by atoms with Crippen molar-refractivity contribution in [1.82, 2.24) is 20.2 Å². The molecule has 0 saturated carbocycles. The van der Waals surface area contributed by atoms with Gasteiger partial charge in [-0.15, -0.1) is 10.2 Å². The van der Waals surface area contributed by atoms with Gasteiger partial charge in [0.1, 0.15) is 6.10 Å². The lowest BCUT2D eigenvalue weighted by Gasteiger charge is -2.49. The van der Waals surface area contributed by atoms with Crippen molar-refractivity contribution in [2.75, 3.05) is 19.1 Å². The van der Waals surface area contributed by atoms with Gasteiger partial charge >= 0.3 is 5.69 Å². The number of aliphatic hydroxyl groups is 1. The van der Waals surface area contributed by atoms with Gasteiger partial charge in [-0.2, -0.15) is 4.80 Å². The van der Waals surface area contributed by atoms with Crippen LogP contribution >= 0.6 is 11.6 Å². The lowest BCUT2D eigenvalue weighted by atomic mass is 9.83. The second-order valence-corrected chi connectivity index (χ2v) is 8.67. The Bertz CT molecular complexity index is 1200. The van der Waals surface area contributed by atoms with Gasteiger partial charge in [0.25, 0.3) is 0 Å². The third kappa shape index (κ3) is 4.52. The molecule has 2 aromatic carbocycles. The van der Waals surface area contributed by atoms with Crippen LogP contribution in [-0.4, -0.2) is 62.5 Å². The number of tetrazole rings is 1. The third-order valence-electron chi connectivity index (χ3n) is 6.00. The SMILES string of the molecule is COC(OC)[C@]1(C)Oc2c(cccc2[N+](=O)[O-])[C@@H](N(Cc2nnn(C)n2)c2ccc(Cl)cc2)[C@@H]1O. The highest BCUT2D eigenvalue weighted by atomic mass is 35.5. The van der Waals surface area contributed by atoms with E-state index < -0.39 is 29.0 Å². The number of halogens is 1. The Balaban J connectivity index is 1.94. The molecule has 3 aromatic rings. The van der Waals surface area contributed by atoms with Crippen LogP contribution in [0.4, 0.5) is 11.4 Å². The first kappa shape index (κ1) is 24.8. The van der Waals surface area contributed by atoms with Crippen molar-refractivity contribution in [1.29, 1.82) is 0 Å². The Morgan fingerprint density at radius 3 is 2.54 bits per heavy atom. The van der Waals surface area contributed by atoms with Gasteiger partial charge in [0, 0.05) is 36.6 Å². The zero-order chi connectivity index (χ0) is 25.3. The zero-order valence-corrected chi connectivity index (χ0v) is 20.3. The highest BCUT2D eigenvalue weighted by Gasteiger charge is 2.55. The summed E-state index contributed by atoms with van der Waals surface area (Å²) in [4.78, 5) is 14.5. The van der Waals surface area contributed by atoms with Crippen molar-refractivity contribution in [3.63, 3.8) is 0 Å². The maximum Gasteiger partial charge on any atom is 0.311 e. The topological polar surface area (TPSA) is 138 Å². The monoisotopic (exact) mass is 504 g/mol. The number of nitro groups is 1. The smallest absolute Gasteiger partial charge is 0.311 e. The number of rotatable bonds is 8. The molecule has 1 aliphatic rings. The summed E-state index contributed by atoms with van der Waals surface area (Å²) in [6.45, 7) is 1.71. The van der Waals surface area contributed by atoms with Crippen molar-refractivity contribution in [3.8, 4) is 5.75 Å². The molecule has 13 heteroatoms. The summed E-state index contributed by atoms with van der Waals surface area (Å²) in [5, 5.41) is 36.5. The Morgan fingerprint density at radius 1 is 1.29 bits per heavy atom. The van der Waals surface area contributed by atoms with Gasteiger partial charge in [-0.25, -0.2) is 0 Å². The van der Waals surface area contributed by atoms with Crippen molar-refractivity contribution < 1.29 is 24.2 Å². The molecule has 1 aliphatic heterocycles. The highest BCUT2D eigenvalue weighted by molar-refractivity contribution is 6.30. The van der Waals surface area contributed by atoms with Gasteiger partial charge in [0.15, 0.2) is 17.7 Å². The maximum absolute atomic E-state index is 11.9. The summed E-state index contributed by atoms with van der Waals surface area (Å²) in [7, 11) is 4.45. The number of anilines is 1. The number of nitrogens with zero attached hydrogens (tertiary/aromatic N) is 6. The molecule has 0 fully saturated rings. The molecule has 0 radical (unpaired) electrons. The molecule has 186 valence electrons. The van der Waals surface area contributed by atoms with Crippen molar-refractivity contribution in [2.24, 2.45) is 7.05 Å². The molecule has 12 nitrogen and oxygen atoms in total. The van der Waals surface area contributed by atoms with Crippen LogP contribution in [0, 0.1) is 10.1 Å². The first-order valence-corrected chi connectivity index (χ1v) is 11.0. The number of para-hydroxylation sites is 1. The minimum Gasteiger partial charge on any atom is -0.472 e. The molecule has 3 atom stereocenters. The van der Waals surface area contributed by atoms with Crippen LogP contribution in [0.25, 0.3) is 0 Å². The minimum absolute atomic E-state index is 0.0143. The first-order chi connectivity index (χ1) is 16.7. The van der Waals surface area contributed by atoms with Gasteiger partial charge in [-0.3, -0.25) is 10.1 Å². The van der Waals surface area contributed by atoms with Crippen LogP contribution in [0.15, 0.2) is 42.5 Å². The molecule has 0 amide bonds. The Hall–Kier alpha value is -3.32. The lowest BCUT2D eigenvalue weighted by molar-refractivity contribution is -0.387. The second-order valence-electron chi connectivity index (χ2n) is 8.23. The summed E-state index contributed by atoms with van der Waals surface area (Å²) in [6.07, 6.45) is -2.32. The van der Waals surface area contributed by atoms with Crippen LogP contribution in [0.1, 0.15) is 24.4 Å². The third-order valence-corrected chi connectivity index (χ3v) is 6.25. The first-order valence-electron chi connectivity index (χ1n) is 10.6. The molecule has 1 aromatic heterocycles. The second kappa shape index (κ2) is 9.74. The Kier molecular flexibility index (Phi) is 6.90. The molecule has 4 rings (SSSR count). The van der Waals surface area contributed by atoms with Gasteiger partial charge < -0.3 is 24.2 Å². The van der Waals surface area contributed by atoms with E-state index in [1.807, 2.05) is 4.90 Å². The van der Waals surface area contributed by atoms with Crippen LogP contribution < -0.4 is 9.64 Å². The fourth-order valence-electron chi connectivity index (χ4n) is 4.41. The van der Waals surface area contributed by atoms with E-state index in [9.17, 15) is 15.2 Å². The lowest BCUT2D eigenvalue weighted by Crippen LogP contribution is -2.62. The van der Waals surface area contributed by atoms with E-state index in [4.69, 9.17) is 25.8 Å². The van der Waals surface area contributed by atoms with E-state index in [0.717, 1.165) is 0 Å². The van der Waals surface area contributed by atoms with Crippen LogP contribution in [0.3, 0.4) is 0 Å². The number of aromatic nitrogens is 4. The van der Waals surface area contributed by atoms with Gasteiger partial charge in [0.05, 0.1) is 24.6 Å². The number of benzene rings is 2.